The molecule has 3 rings (SSSR count). The lowest BCUT2D eigenvalue weighted by Crippen LogP contribution is -2.39. The van der Waals surface area contributed by atoms with Crippen LogP contribution in [0.25, 0.3) is 0 Å². The predicted molar refractivity (Wildman–Crippen MR) is 104 cm³/mol. The summed E-state index contributed by atoms with van der Waals surface area (Å²) in [6, 6.07) is 4.10. The van der Waals surface area contributed by atoms with Gasteiger partial charge in [-0.2, -0.15) is 0 Å². The summed E-state index contributed by atoms with van der Waals surface area (Å²) in [6.07, 6.45) is 5.52. The largest absolute Gasteiger partial charge is 0.381 e. The minimum atomic E-state index is 0.693. The predicted octanol–water partition coefficient (Wildman–Crippen LogP) is 1.40. The third-order valence-electron chi connectivity index (χ3n) is 4.66. The third-order valence-corrected chi connectivity index (χ3v) is 4.66. The van der Waals surface area contributed by atoms with Gasteiger partial charge < -0.3 is 25.0 Å². The van der Waals surface area contributed by atoms with E-state index in [1.807, 2.05) is 12.3 Å². The zero-order valence-electron chi connectivity index (χ0n) is 15.7. The number of guanidine groups is 1. The number of anilines is 1. The maximum atomic E-state index is 5.66. The van der Waals surface area contributed by atoms with E-state index >= 15 is 0 Å². The molecular weight excluding hydrogens is 330 g/mol. The Labute approximate surface area is 156 Å². The topological polar surface area (TPSA) is 71.0 Å². The number of hydrogen-bond acceptors (Lipinski definition) is 5. The molecule has 0 atom stereocenters. The molecule has 1 saturated carbocycles. The Morgan fingerprint density at radius 3 is 2.96 bits per heavy atom. The second kappa shape index (κ2) is 10.3. The number of nitrogens with zero attached hydrogens (tertiary/aromatic N) is 3. The highest BCUT2D eigenvalue weighted by Crippen LogP contribution is 2.28. The maximum Gasteiger partial charge on any atom is 0.191 e. The van der Waals surface area contributed by atoms with Crippen molar-refractivity contribution < 1.29 is 9.47 Å². The number of nitrogens with one attached hydrogen (secondary N) is 2. The van der Waals surface area contributed by atoms with Gasteiger partial charge in [0, 0.05) is 58.2 Å². The molecule has 2 heterocycles. The fraction of sp³-hybridized carbons (Fsp3) is 0.684. The van der Waals surface area contributed by atoms with Crippen molar-refractivity contribution >= 4 is 11.8 Å². The van der Waals surface area contributed by atoms with Crippen molar-refractivity contribution in [1.29, 1.82) is 0 Å². The van der Waals surface area contributed by atoms with Crippen LogP contribution in [-0.2, 0) is 16.0 Å². The molecule has 7 nitrogen and oxygen atoms in total. The van der Waals surface area contributed by atoms with E-state index in [4.69, 9.17) is 9.47 Å². The van der Waals surface area contributed by atoms with E-state index in [-0.39, 0.29) is 0 Å². The van der Waals surface area contributed by atoms with Crippen LogP contribution in [0, 0.1) is 5.92 Å². The minimum absolute atomic E-state index is 0.693. The fourth-order valence-corrected chi connectivity index (χ4v) is 2.94. The summed E-state index contributed by atoms with van der Waals surface area (Å²) in [7, 11) is 1.80. The van der Waals surface area contributed by atoms with Crippen LogP contribution in [0.3, 0.4) is 0 Å². The van der Waals surface area contributed by atoms with E-state index in [0.717, 1.165) is 70.2 Å². The van der Waals surface area contributed by atoms with Crippen LogP contribution in [-0.4, -0.2) is 64.1 Å². The summed E-state index contributed by atoms with van der Waals surface area (Å²) in [5.41, 5.74) is 1.17. The molecule has 2 fully saturated rings. The van der Waals surface area contributed by atoms with E-state index in [1.165, 1.54) is 18.4 Å². The van der Waals surface area contributed by atoms with Gasteiger partial charge in [0.1, 0.15) is 5.82 Å². The molecule has 2 N–H and O–H groups in total. The molecule has 1 aliphatic carbocycles. The average Bonchev–Trinajstić information content (AvgIpc) is 3.52. The van der Waals surface area contributed by atoms with Gasteiger partial charge in [0.15, 0.2) is 5.96 Å². The van der Waals surface area contributed by atoms with E-state index in [9.17, 15) is 0 Å². The van der Waals surface area contributed by atoms with Crippen LogP contribution in [0.2, 0.25) is 0 Å². The SMILES string of the molecule is CN=C(NCCCOCC1CC1)NCc1cccnc1N1CCOCC1. The van der Waals surface area contributed by atoms with Gasteiger partial charge in [0.25, 0.3) is 0 Å². The lowest BCUT2D eigenvalue weighted by Gasteiger charge is -2.29. The second-order valence-electron chi connectivity index (χ2n) is 6.81. The van der Waals surface area contributed by atoms with Crippen molar-refractivity contribution in [2.75, 3.05) is 58.0 Å². The lowest BCUT2D eigenvalue weighted by atomic mass is 10.2. The zero-order valence-corrected chi connectivity index (χ0v) is 15.7. The summed E-state index contributed by atoms with van der Waals surface area (Å²) in [5, 5.41) is 6.73. The van der Waals surface area contributed by atoms with Crippen molar-refractivity contribution in [3.05, 3.63) is 23.9 Å². The second-order valence-corrected chi connectivity index (χ2v) is 6.81. The highest BCUT2D eigenvalue weighted by Gasteiger charge is 2.20. The number of pyridine rings is 1. The van der Waals surface area contributed by atoms with E-state index in [1.54, 1.807) is 7.05 Å². The summed E-state index contributed by atoms with van der Waals surface area (Å²) in [4.78, 5) is 11.2. The molecule has 144 valence electrons. The summed E-state index contributed by atoms with van der Waals surface area (Å²) < 4.78 is 11.1. The molecule has 0 amide bonds. The Balaban J connectivity index is 1.40. The molecule has 0 bridgehead atoms. The van der Waals surface area contributed by atoms with E-state index < -0.39 is 0 Å². The van der Waals surface area contributed by atoms with Crippen LogP contribution >= 0.6 is 0 Å². The van der Waals surface area contributed by atoms with Crippen LogP contribution in [0.5, 0.6) is 0 Å². The first-order valence-electron chi connectivity index (χ1n) is 9.65. The Bertz CT molecular complexity index is 571. The standard InChI is InChI=1S/C19H31N5O2/c1-20-19(22-8-3-11-26-15-16-5-6-16)23-14-17-4-2-7-21-18(17)24-9-12-25-13-10-24/h2,4,7,16H,3,5-6,8-15H2,1H3,(H2,20,22,23). The van der Waals surface area contributed by atoms with Crippen LogP contribution in [0.4, 0.5) is 5.82 Å². The molecule has 0 aromatic carbocycles. The number of aliphatic imine (C=N–C) groups is 1. The molecule has 0 radical (unpaired) electrons. The van der Waals surface area contributed by atoms with Gasteiger partial charge in [-0.1, -0.05) is 6.07 Å². The fourth-order valence-electron chi connectivity index (χ4n) is 2.94. The number of ether oxygens (including phenoxy) is 2. The van der Waals surface area contributed by atoms with Crippen LogP contribution < -0.4 is 15.5 Å². The van der Waals surface area contributed by atoms with Crippen molar-refractivity contribution in [2.24, 2.45) is 10.9 Å². The molecular formula is C19H31N5O2. The molecule has 7 heteroatoms. The highest BCUT2D eigenvalue weighted by atomic mass is 16.5. The Hall–Kier alpha value is -1.86. The lowest BCUT2D eigenvalue weighted by molar-refractivity contribution is 0.122. The van der Waals surface area contributed by atoms with Gasteiger partial charge in [0.05, 0.1) is 13.2 Å². The van der Waals surface area contributed by atoms with Crippen LogP contribution in [0.1, 0.15) is 24.8 Å². The number of hydrogen-bond donors (Lipinski definition) is 2. The smallest absolute Gasteiger partial charge is 0.191 e. The molecule has 0 unspecified atom stereocenters. The monoisotopic (exact) mass is 361 g/mol. The summed E-state index contributed by atoms with van der Waals surface area (Å²) in [5.74, 6) is 2.67. The van der Waals surface area contributed by atoms with Gasteiger partial charge >= 0.3 is 0 Å². The first kappa shape index (κ1) is 18.9. The van der Waals surface area contributed by atoms with E-state index in [0.29, 0.717) is 6.54 Å². The Morgan fingerprint density at radius 2 is 2.19 bits per heavy atom. The minimum Gasteiger partial charge on any atom is -0.381 e. The molecule has 1 aromatic rings. The van der Waals surface area contributed by atoms with Crippen molar-refractivity contribution in [3.63, 3.8) is 0 Å². The van der Waals surface area contributed by atoms with Gasteiger partial charge in [-0.25, -0.2) is 4.98 Å². The number of rotatable bonds is 9. The number of morpholine rings is 1. The first-order chi connectivity index (χ1) is 12.9. The first-order valence-corrected chi connectivity index (χ1v) is 9.65. The average molecular weight is 361 g/mol. The normalized spacial score (nSPS) is 18.0. The quantitative estimate of drug-likeness (QED) is 0.394. The molecule has 26 heavy (non-hydrogen) atoms. The molecule has 0 spiro atoms. The van der Waals surface area contributed by atoms with Crippen molar-refractivity contribution in [1.82, 2.24) is 15.6 Å². The zero-order chi connectivity index (χ0) is 18.0. The molecule has 1 saturated heterocycles. The van der Waals surface area contributed by atoms with Gasteiger partial charge in [-0.3, -0.25) is 4.99 Å². The molecule has 1 aromatic heterocycles. The summed E-state index contributed by atoms with van der Waals surface area (Å²) in [6.45, 7) is 6.58. The van der Waals surface area contributed by atoms with Crippen molar-refractivity contribution in [2.45, 2.75) is 25.8 Å². The third kappa shape index (κ3) is 6.14. The highest BCUT2D eigenvalue weighted by molar-refractivity contribution is 5.79. The number of aromatic nitrogens is 1. The Morgan fingerprint density at radius 1 is 1.35 bits per heavy atom. The Kier molecular flexibility index (Phi) is 7.51. The van der Waals surface area contributed by atoms with E-state index in [2.05, 4.69) is 31.6 Å². The summed E-state index contributed by atoms with van der Waals surface area (Å²) >= 11 is 0. The molecule has 1 aliphatic heterocycles. The maximum absolute atomic E-state index is 5.66. The van der Waals surface area contributed by atoms with Gasteiger partial charge in [-0.05, 0) is 31.2 Å². The van der Waals surface area contributed by atoms with Crippen LogP contribution in [0.15, 0.2) is 23.3 Å². The molecule has 2 aliphatic rings. The van der Waals surface area contributed by atoms with Gasteiger partial charge in [0.2, 0.25) is 0 Å². The van der Waals surface area contributed by atoms with Gasteiger partial charge in [-0.15, -0.1) is 0 Å². The van der Waals surface area contributed by atoms with Crippen molar-refractivity contribution in [3.8, 4) is 0 Å².